The SMILES string of the molecule is CCC[C@H](NC(=O)[C@@H]1C[C@@H](OC(=O)N2Cc3cccc(F)c3C2)CN1C(=O)[C@@H](NC(=O)OCC(C)(C)C)C1CCCCC1)B(O)O. The van der Waals surface area contributed by atoms with Crippen molar-refractivity contribution in [3.8, 4) is 0 Å². The van der Waals surface area contributed by atoms with E-state index in [2.05, 4.69) is 10.6 Å². The molecule has 1 aromatic carbocycles. The van der Waals surface area contributed by atoms with E-state index in [-0.39, 0.29) is 44.0 Å². The van der Waals surface area contributed by atoms with E-state index >= 15 is 0 Å². The van der Waals surface area contributed by atoms with Gasteiger partial charge in [-0.15, -0.1) is 0 Å². The molecule has 0 radical (unpaired) electrons. The summed E-state index contributed by atoms with van der Waals surface area (Å²) in [7, 11) is -1.81. The monoisotopic (exact) mass is 646 g/mol. The Morgan fingerprint density at radius 3 is 2.43 bits per heavy atom. The molecule has 1 aromatic rings. The zero-order chi connectivity index (χ0) is 33.6. The maximum Gasteiger partial charge on any atom is 0.475 e. The molecule has 1 saturated carbocycles. The summed E-state index contributed by atoms with van der Waals surface area (Å²) >= 11 is 0. The van der Waals surface area contributed by atoms with Gasteiger partial charge in [-0.2, -0.15) is 0 Å². The van der Waals surface area contributed by atoms with Crippen molar-refractivity contribution in [3.05, 3.63) is 35.1 Å². The predicted molar refractivity (Wildman–Crippen MR) is 167 cm³/mol. The molecule has 1 saturated heterocycles. The van der Waals surface area contributed by atoms with Gasteiger partial charge in [0.15, 0.2) is 0 Å². The van der Waals surface area contributed by atoms with E-state index in [4.69, 9.17) is 9.47 Å². The Morgan fingerprint density at radius 2 is 1.80 bits per heavy atom. The third kappa shape index (κ3) is 9.12. The molecule has 3 aliphatic rings. The molecule has 46 heavy (non-hydrogen) atoms. The third-order valence-corrected chi connectivity index (χ3v) is 8.88. The van der Waals surface area contributed by atoms with Gasteiger partial charge in [0.2, 0.25) is 11.8 Å². The fourth-order valence-electron chi connectivity index (χ4n) is 6.47. The number of ether oxygens (including phenoxy) is 2. The molecular weight excluding hydrogens is 598 g/mol. The molecular formula is C32H48BFN4O8. The molecule has 4 amide bonds. The van der Waals surface area contributed by atoms with Crippen molar-refractivity contribution in [2.24, 2.45) is 11.3 Å². The first kappa shape index (κ1) is 35.5. The highest BCUT2D eigenvalue weighted by atomic mass is 19.1. The van der Waals surface area contributed by atoms with Gasteiger partial charge in [0.25, 0.3) is 0 Å². The smallest absolute Gasteiger partial charge is 0.449 e. The van der Waals surface area contributed by atoms with Crippen LogP contribution in [0.15, 0.2) is 18.2 Å². The number of amides is 4. The van der Waals surface area contributed by atoms with Crippen LogP contribution in [-0.4, -0.2) is 88.2 Å². The van der Waals surface area contributed by atoms with Gasteiger partial charge >= 0.3 is 19.3 Å². The number of rotatable bonds is 10. The van der Waals surface area contributed by atoms with Crippen LogP contribution in [0, 0.1) is 17.2 Å². The number of halogens is 1. The molecule has 4 atom stereocenters. The van der Waals surface area contributed by atoms with E-state index in [1.54, 1.807) is 12.1 Å². The zero-order valence-corrected chi connectivity index (χ0v) is 27.3. The summed E-state index contributed by atoms with van der Waals surface area (Å²) in [6.07, 6.45) is 2.75. The molecule has 2 heterocycles. The molecule has 4 N–H and O–H groups in total. The van der Waals surface area contributed by atoms with Crippen molar-refractivity contribution in [3.63, 3.8) is 0 Å². The summed E-state index contributed by atoms with van der Waals surface area (Å²) in [5.41, 5.74) is 0.817. The number of hydrogen-bond acceptors (Lipinski definition) is 8. The van der Waals surface area contributed by atoms with E-state index in [1.165, 1.54) is 15.9 Å². The number of alkyl carbamates (subject to hydrolysis) is 1. The van der Waals surface area contributed by atoms with Crippen LogP contribution in [0.25, 0.3) is 0 Å². The highest BCUT2D eigenvalue weighted by molar-refractivity contribution is 6.43. The Labute approximate surface area is 270 Å². The van der Waals surface area contributed by atoms with Crippen LogP contribution in [0.5, 0.6) is 0 Å². The number of likely N-dealkylation sites (tertiary alicyclic amines) is 1. The quantitative estimate of drug-likeness (QED) is 0.282. The van der Waals surface area contributed by atoms with Gasteiger partial charge in [-0.05, 0) is 42.2 Å². The lowest BCUT2D eigenvalue weighted by Crippen LogP contribution is -2.58. The number of carbonyl (C=O) groups is 4. The van der Waals surface area contributed by atoms with Gasteiger partial charge in [-0.1, -0.05) is 65.5 Å². The van der Waals surface area contributed by atoms with Gasteiger partial charge in [0.05, 0.1) is 25.6 Å². The number of hydrogen-bond donors (Lipinski definition) is 4. The summed E-state index contributed by atoms with van der Waals surface area (Å²) in [5, 5.41) is 25.1. The molecule has 12 nitrogen and oxygen atoms in total. The Bertz CT molecular complexity index is 1250. The van der Waals surface area contributed by atoms with Crippen LogP contribution < -0.4 is 10.6 Å². The second-order valence-electron chi connectivity index (χ2n) is 14.0. The van der Waals surface area contributed by atoms with Crippen LogP contribution in [0.3, 0.4) is 0 Å². The van der Waals surface area contributed by atoms with Gasteiger partial charge < -0.3 is 35.1 Å². The first-order chi connectivity index (χ1) is 21.8. The van der Waals surface area contributed by atoms with Gasteiger partial charge in [0.1, 0.15) is 24.0 Å². The largest absolute Gasteiger partial charge is 0.475 e. The van der Waals surface area contributed by atoms with Crippen molar-refractivity contribution in [1.82, 2.24) is 20.4 Å². The normalized spacial score (nSPS) is 21.3. The Hall–Kier alpha value is -3.39. The molecule has 2 aliphatic heterocycles. The minimum Gasteiger partial charge on any atom is -0.449 e. The van der Waals surface area contributed by atoms with Crippen molar-refractivity contribution in [1.29, 1.82) is 0 Å². The first-order valence-corrected chi connectivity index (χ1v) is 16.4. The molecule has 1 aliphatic carbocycles. The van der Waals surface area contributed by atoms with Crippen LogP contribution in [0.1, 0.15) is 90.2 Å². The molecule has 4 rings (SSSR count). The maximum absolute atomic E-state index is 14.3. The summed E-state index contributed by atoms with van der Waals surface area (Å²) in [4.78, 5) is 56.7. The van der Waals surface area contributed by atoms with Gasteiger partial charge in [-0.3, -0.25) is 14.5 Å². The van der Waals surface area contributed by atoms with Crippen LogP contribution in [0.4, 0.5) is 14.0 Å². The molecule has 0 unspecified atom stereocenters. The Balaban J connectivity index is 1.54. The molecule has 254 valence electrons. The van der Waals surface area contributed by atoms with Crippen molar-refractivity contribution < 1.29 is 43.1 Å². The summed E-state index contributed by atoms with van der Waals surface area (Å²) < 4.78 is 25.5. The lowest BCUT2D eigenvalue weighted by molar-refractivity contribution is -0.141. The predicted octanol–water partition coefficient (Wildman–Crippen LogP) is 3.27. The number of carbonyl (C=O) groups excluding carboxylic acids is 4. The number of nitrogens with zero attached hydrogens (tertiary/aromatic N) is 2. The standard InChI is InChI=1S/C32H48BFN4O8/c1-5-10-26(33(43)44)35-28(39)25-15-22(46-31(42)37-16-21-13-9-14-24(34)23(21)18-37)17-38(25)29(40)27(20-11-7-6-8-12-20)36-30(41)45-19-32(2,3)4/h9,13-14,20,22,25-27,43-44H,5-8,10-12,15-19H2,1-4H3,(H,35,39)(H,36,41)/t22-,25+,26+,27+/m1/s1. The Morgan fingerprint density at radius 1 is 1.09 bits per heavy atom. The lowest BCUT2D eigenvalue weighted by atomic mass is 9.76. The van der Waals surface area contributed by atoms with Crippen molar-refractivity contribution in [2.75, 3.05) is 13.2 Å². The van der Waals surface area contributed by atoms with Gasteiger partial charge in [0, 0.05) is 18.5 Å². The van der Waals surface area contributed by atoms with E-state index < -0.39 is 61.1 Å². The molecule has 0 aromatic heterocycles. The second-order valence-corrected chi connectivity index (χ2v) is 14.0. The minimum absolute atomic E-state index is 0.0370. The summed E-state index contributed by atoms with van der Waals surface area (Å²) in [5.74, 6) is -2.66. The van der Waals surface area contributed by atoms with E-state index in [0.29, 0.717) is 36.8 Å². The zero-order valence-electron chi connectivity index (χ0n) is 27.3. The molecule has 14 heteroatoms. The maximum atomic E-state index is 14.3. The lowest BCUT2D eigenvalue weighted by Gasteiger charge is -2.34. The molecule has 0 spiro atoms. The molecule has 2 fully saturated rings. The van der Waals surface area contributed by atoms with Crippen molar-refractivity contribution in [2.45, 2.75) is 116 Å². The highest BCUT2D eigenvalue weighted by Gasteiger charge is 2.46. The third-order valence-electron chi connectivity index (χ3n) is 8.88. The van der Waals surface area contributed by atoms with Crippen molar-refractivity contribution >= 4 is 31.1 Å². The second kappa shape index (κ2) is 15.5. The number of benzene rings is 1. The van der Waals surface area contributed by atoms with Gasteiger partial charge in [-0.25, -0.2) is 14.0 Å². The number of nitrogens with one attached hydrogen (secondary N) is 2. The highest BCUT2D eigenvalue weighted by Crippen LogP contribution is 2.31. The van der Waals surface area contributed by atoms with Crippen LogP contribution >= 0.6 is 0 Å². The Kier molecular flexibility index (Phi) is 11.9. The van der Waals surface area contributed by atoms with Crippen LogP contribution in [0.2, 0.25) is 0 Å². The van der Waals surface area contributed by atoms with E-state index in [9.17, 15) is 33.6 Å². The minimum atomic E-state index is -1.81. The topological polar surface area (TPSA) is 158 Å². The number of fused-ring (bicyclic) bond motifs is 1. The average Bonchev–Trinajstić information content (AvgIpc) is 3.64. The fraction of sp³-hybridized carbons (Fsp3) is 0.688. The van der Waals surface area contributed by atoms with E-state index in [1.807, 2.05) is 27.7 Å². The fourth-order valence-corrected chi connectivity index (χ4v) is 6.47. The summed E-state index contributed by atoms with van der Waals surface area (Å²) in [6.45, 7) is 7.84. The van der Waals surface area contributed by atoms with Crippen LogP contribution in [-0.2, 0) is 32.2 Å². The van der Waals surface area contributed by atoms with E-state index in [0.717, 1.165) is 19.3 Å². The molecule has 0 bridgehead atoms. The first-order valence-electron chi connectivity index (χ1n) is 16.4. The summed E-state index contributed by atoms with van der Waals surface area (Å²) in [6, 6.07) is 2.59. The average molecular weight is 647 g/mol.